The molecule has 3 heteroatoms. The monoisotopic (exact) mass is 406 g/mol. The molecule has 1 N–H and O–H groups in total. The summed E-state index contributed by atoms with van der Waals surface area (Å²) in [6, 6.07) is 7.94. The van der Waals surface area contributed by atoms with Gasteiger partial charge in [-0.2, -0.15) is 0 Å². The van der Waals surface area contributed by atoms with Crippen LogP contribution >= 0.6 is 0 Å². The Morgan fingerprint density at radius 1 is 1.27 bits per heavy atom. The average Bonchev–Trinajstić information content (AvgIpc) is 2.66. The highest BCUT2D eigenvalue weighted by Gasteiger charge is 2.45. The zero-order valence-corrected chi connectivity index (χ0v) is 19.1. The van der Waals surface area contributed by atoms with E-state index >= 15 is 0 Å². The summed E-state index contributed by atoms with van der Waals surface area (Å²) in [5, 5.41) is 10.7. The van der Waals surface area contributed by atoms with Crippen molar-refractivity contribution in [3.05, 3.63) is 52.1 Å². The Labute approximate surface area is 181 Å². The van der Waals surface area contributed by atoms with Crippen molar-refractivity contribution in [2.75, 3.05) is 0 Å². The predicted octanol–water partition coefficient (Wildman–Crippen LogP) is 5.47. The van der Waals surface area contributed by atoms with Crippen molar-refractivity contribution in [1.82, 2.24) is 0 Å². The summed E-state index contributed by atoms with van der Waals surface area (Å²) in [5.74, 6) is 6.41. The molecule has 0 aliphatic heterocycles. The first-order valence-electron chi connectivity index (χ1n) is 10.9. The van der Waals surface area contributed by atoms with Crippen molar-refractivity contribution < 1.29 is 14.6 Å². The van der Waals surface area contributed by atoms with Gasteiger partial charge in [0.05, 0.1) is 11.7 Å². The number of rotatable bonds is 2. The molecule has 0 radical (unpaired) electrons. The van der Waals surface area contributed by atoms with Crippen LogP contribution in [-0.4, -0.2) is 28.7 Å². The molecule has 1 fully saturated rings. The first kappa shape index (κ1) is 22.5. The number of ketones is 1. The minimum atomic E-state index is -0.386. The maximum atomic E-state index is 12.9. The van der Waals surface area contributed by atoms with Gasteiger partial charge in [-0.1, -0.05) is 36.5 Å². The fraction of sp³-hybridized carbons (Fsp3) is 0.519. The number of aliphatic hydroxyl groups is 1. The van der Waals surface area contributed by atoms with Gasteiger partial charge in [-0.15, -0.1) is 0 Å². The van der Waals surface area contributed by atoms with Gasteiger partial charge in [-0.3, -0.25) is 4.79 Å². The molecule has 1 aromatic carbocycles. The van der Waals surface area contributed by atoms with Crippen LogP contribution in [0.25, 0.3) is 6.08 Å². The van der Waals surface area contributed by atoms with Gasteiger partial charge in [-0.25, -0.2) is 0 Å². The van der Waals surface area contributed by atoms with E-state index in [1.54, 1.807) is 0 Å². The molecule has 0 spiro atoms. The molecule has 30 heavy (non-hydrogen) atoms. The quantitative estimate of drug-likeness (QED) is 0.524. The largest absolute Gasteiger partial charge is 0.392 e. The summed E-state index contributed by atoms with van der Waals surface area (Å²) in [6.45, 7) is 12.0. The molecule has 0 saturated heterocycles. The van der Waals surface area contributed by atoms with E-state index in [2.05, 4.69) is 18.8 Å². The standard InChI is InChI=1S/C27H34O3/c1-18(30-26(3,4)5)10-11-20-12-14-21(15-13-20)16-22-17-27(6)23(19(2)25(22)29)8-7-9-24(27)28/h12-16,18,24,28H,7-9,17H2,1-6H3/b22-16+/t18?,24-,27-/m0/s1. The van der Waals surface area contributed by atoms with Crippen molar-refractivity contribution in [2.45, 2.75) is 85.0 Å². The molecule has 1 aromatic rings. The van der Waals surface area contributed by atoms with Gasteiger partial charge in [-0.05, 0) is 89.6 Å². The predicted molar refractivity (Wildman–Crippen MR) is 122 cm³/mol. The number of allylic oxidation sites excluding steroid dienone is 2. The van der Waals surface area contributed by atoms with Crippen LogP contribution in [0.2, 0.25) is 0 Å². The SMILES string of the molecule is CC1=C2CCC[C@H](O)[C@@]2(C)C/C(=C\c2ccc(C#CC(C)OC(C)(C)C)cc2)C1=O. The zero-order chi connectivity index (χ0) is 22.1. The first-order chi connectivity index (χ1) is 14.0. The van der Waals surface area contributed by atoms with E-state index in [-0.39, 0.29) is 29.0 Å². The zero-order valence-electron chi connectivity index (χ0n) is 19.1. The second-order valence-electron chi connectivity index (χ2n) is 9.87. The van der Waals surface area contributed by atoms with E-state index in [1.165, 1.54) is 0 Å². The molecule has 3 nitrogen and oxygen atoms in total. The molecule has 3 atom stereocenters. The lowest BCUT2D eigenvalue weighted by molar-refractivity contribution is -0.113. The maximum absolute atomic E-state index is 12.9. The summed E-state index contributed by atoms with van der Waals surface area (Å²) in [6.07, 6.45) is 4.72. The first-order valence-corrected chi connectivity index (χ1v) is 10.9. The van der Waals surface area contributed by atoms with E-state index in [1.807, 2.05) is 65.0 Å². The van der Waals surface area contributed by atoms with Crippen LogP contribution in [0.4, 0.5) is 0 Å². The Balaban J connectivity index is 1.80. The van der Waals surface area contributed by atoms with Crippen LogP contribution in [0.15, 0.2) is 41.0 Å². The molecule has 0 bridgehead atoms. The summed E-state index contributed by atoms with van der Waals surface area (Å²) in [4.78, 5) is 12.9. The third-order valence-electron chi connectivity index (χ3n) is 6.17. The number of aliphatic hydroxyl groups excluding tert-OH is 1. The van der Waals surface area contributed by atoms with Gasteiger partial charge in [0.15, 0.2) is 5.78 Å². The fourth-order valence-electron chi connectivity index (χ4n) is 4.70. The van der Waals surface area contributed by atoms with Crippen LogP contribution in [-0.2, 0) is 9.53 Å². The van der Waals surface area contributed by atoms with E-state index in [4.69, 9.17) is 4.74 Å². The minimum Gasteiger partial charge on any atom is -0.392 e. The second kappa shape index (κ2) is 8.53. The Kier molecular flexibility index (Phi) is 6.41. The van der Waals surface area contributed by atoms with E-state index in [0.29, 0.717) is 6.42 Å². The van der Waals surface area contributed by atoms with Crippen LogP contribution < -0.4 is 0 Å². The average molecular weight is 407 g/mol. The number of Topliss-reactive ketones (excluding diaryl/α,β-unsaturated/α-hetero) is 1. The van der Waals surface area contributed by atoms with Crippen LogP contribution in [0, 0.1) is 17.3 Å². The lowest BCUT2D eigenvalue weighted by atomic mass is 9.61. The molecule has 0 aromatic heterocycles. The summed E-state index contributed by atoms with van der Waals surface area (Å²) in [5.41, 5.74) is 4.12. The van der Waals surface area contributed by atoms with Gasteiger partial charge >= 0.3 is 0 Å². The van der Waals surface area contributed by atoms with Gasteiger partial charge in [0, 0.05) is 16.6 Å². The van der Waals surface area contributed by atoms with Crippen LogP contribution in [0.3, 0.4) is 0 Å². The number of hydrogen-bond donors (Lipinski definition) is 1. The van der Waals surface area contributed by atoms with Crippen LogP contribution in [0.1, 0.15) is 78.4 Å². The molecule has 1 saturated carbocycles. The molecule has 0 amide bonds. The molecule has 3 rings (SSSR count). The van der Waals surface area contributed by atoms with Gasteiger partial charge < -0.3 is 9.84 Å². The number of carbonyl (C=O) groups excluding carboxylic acids is 1. The Hall–Kier alpha value is -2.15. The molecule has 0 heterocycles. The summed E-state index contributed by atoms with van der Waals surface area (Å²) >= 11 is 0. The van der Waals surface area contributed by atoms with Gasteiger partial charge in [0.25, 0.3) is 0 Å². The Morgan fingerprint density at radius 2 is 1.93 bits per heavy atom. The second-order valence-corrected chi connectivity index (χ2v) is 9.87. The smallest absolute Gasteiger partial charge is 0.184 e. The van der Waals surface area contributed by atoms with E-state index in [9.17, 15) is 9.90 Å². The summed E-state index contributed by atoms with van der Waals surface area (Å²) in [7, 11) is 0. The topological polar surface area (TPSA) is 46.5 Å². The number of ether oxygens (including phenoxy) is 1. The molecule has 2 aliphatic carbocycles. The number of hydrogen-bond acceptors (Lipinski definition) is 3. The van der Waals surface area contributed by atoms with Crippen molar-refractivity contribution in [3.8, 4) is 11.8 Å². The number of benzene rings is 1. The Morgan fingerprint density at radius 3 is 2.57 bits per heavy atom. The fourth-order valence-corrected chi connectivity index (χ4v) is 4.70. The Bertz CT molecular complexity index is 931. The summed E-state index contributed by atoms with van der Waals surface area (Å²) < 4.78 is 5.82. The normalized spacial score (nSPS) is 26.8. The lowest BCUT2D eigenvalue weighted by Gasteiger charge is -2.45. The van der Waals surface area contributed by atoms with Gasteiger partial charge in [0.1, 0.15) is 6.10 Å². The highest BCUT2D eigenvalue weighted by Crippen LogP contribution is 2.50. The van der Waals surface area contributed by atoms with E-state index < -0.39 is 0 Å². The van der Waals surface area contributed by atoms with Crippen molar-refractivity contribution in [2.24, 2.45) is 5.41 Å². The van der Waals surface area contributed by atoms with Crippen molar-refractivity contribution in [3.63, 3.8) is 0 Å². The van der Waals surface area contributed by atoms with Crippen molar-refractivity contribution >= 4 is 11.9 Å². The van der Waals surface area contributed by atoms with Gasteiger partial charge in [0.2, 0.25) is 0 Å². The minimum absolute atomic E-state index is 0.119. The van der Waals surface area contributed by atoms with Crippen LogP contribution in [0.5, 0.6) is 0 Å². The third kappa shape index (κ3) is 4.94. The molecular weight excluding hydrogens is 372 g/mol. The van der Waals surface area contributed by atoms with Crippen molar-refractivity contribution in [1.29, 1.82) is 0 Å². The number of carbonyl (C=O) groups is 1. The highest BCUT2D eigenvalue weighted by molar-refractivity contribution is 6.12. The number of fused-ring (bicyclic) bond motifs is 1. The lowest BCUT2D eigenvalue weighted by Crippen LogP contribution is -2.42. The molecule has 2 aliphatic rings. The molecule has 1 unspecified atom stereocenters. The molecule has 160 valence electrons. The third-order valence-corrected chi connectivity index (χ3v) is 6.17. The maximum Gasteiger partial charge on any atom is 0.184 e. The highest BCUT2D eigenvalue weighted by atomic mass is 16.5. The van der Waals surface area contributed by atoms with E-state index in [0.717, 1.165) is 47.1 Å². The molecular formula is C27H34O3.